The number of rotatable bonds is 2. The summed E-state index contributed by atoms with van der Waals surface area (Å²) in [7, 11) is 1.62. The van der Waals surface area contributed by atoms with Gasteiger partial charge in [-0.2, -0.15) is 0 Å². The second-order valence-electron chi connectivity index (χ2n) is 2.59. The Labute approximate surface area is 81.2 Å². The summed E-state index contributed by atoms with van der Waals surface area (Å²) in [6.45, 7) is 5.82. The van der Waals surface area contributed by atoms with Crippen molar-refractivity contribution in [3.63, 3.8) is 0 Å². The molecule has 0 fully saturated rings. The molecule has 0 unspecified atom stereocenters. The molecule has 1 rings (SSSR count). The summed E-state index contributed by atoms with van der Waals surface area (Å²) in [4.78, 5) is 0. The Hall–Kier alpha value is -0.760. The number of ether oxygens (including phenoxy) is 1. The minimum Gasteiger partial charge on any atom is -0.497 e. The monoisotopic (exact) mass is 226 g/mol. The van der Waals surface area contributed by atoms with Crippen LogP contribution in [0.5, 0.6) is 0 Å². The van der Waals surface area contributed by atoms with E-state index < -0.39 is 0 Å². The lowest BCUT2D eigenvalue weighted by molar-refractivity contribution is 0.371. The van der Waals surface area contributed by atoms with E-state index in [0.29, 0.717) is 5.76 Å². The van der Waals surface area contributed by atoms with Crippen LogP contribution in [-0.4, -0.2) is 7.11 Å². The summed E-state index contributed by atoms with van der Waals surface area (Å²) in [5.41, 5.74) is 2.22. The van der Waals surface area contributed by atoms with Crippen molar-refractivity contribution < 1.29 is 4.74 Å². The molecule has 1 aromatic rings. The summed E-state index contributed by atoms with van der Waals surface area (Å²) in [6, 6.07) is 6.02. The minimum atomic E-state index is 0.690. The van der Waals surface area contributed by atoms with Gasteiger partial charge in [0.25, 0.3) is 0 Å². The Balaban J connectivity index is 3.05. The second-order valence-corrected chi connectivity index (χ2v) is 3.45. The molecule has 0 saturated carbocycles. The highest BCUT2D eigenvalue weighted by atomic mass is 79.9. The Morgan fingerprint density at radius 1 is 1.50 bits per heavy atom. The molecule has 1 nitrogen and oxygen atoms in total. The fourth-order valence-corrected chi connectivity index (χ4v) is 1.26. The van der Waals surface area contributed by atoms with Crippen molar-refractivity contribution in [2.24, 2.45) is 0 Å². The van der Waals surface area contributed by atoms with Crippen molar-refractivity contribution in [1.82, 2.24) is 0 Å². The Morgan fingerprint density at radius 2 is 2.17 bits per heavy atom. The highest BCUT2D eigenvalue weighted by Gasteiger charge is 2.00. The number of aryl methyl sites for hydroxylation is 1. The molecule has 0 aliphatic carbocycles. The average molecular weight is 227 g/mol. The Morgan fingerprint density at radius 3 is 2.67 bits per heavy atom. The molecule has 0 spiro atoms. The summed E-state index contributed by atoms with van der Waals surface area (Å²) in [6.07, 6.45) is 0. The van der Waals surface area contributed by atoms with Gasteiger partial charge in [0.15, 0.2) is 0 Å². The first-order chi connectivity index (χ1) is 5.65. The van der Waals surface area contributed by atoms with Crippen LogP contribution in [0.3, 0.4) is 0 Å². The van der Waals surface area contributed by atoms with E-state index in [1.807, 2.05) is 25.1 Å². The number of hydrogen-bond acceptors (Lipinski definition) is 1. The quantitative estimate of drug-likeness (QED) is 0.703. The van der Waals surface area contributed by atoms with E-state index in [1.165, 1.54) is 5.56 Å². The van der Waals surface area contributed by atoms with Crippen LogP contribution in [-0.2, 0) is 4.74 Å². The SMILES string of the molecule is C=C(OC)c1ccc(C)c(Br)c1. The van der Waals surface area contributed by atoms with Crippen molar-refractivity contribution in [2.75, 3.05) is 7.11 Å². The summed E-state index contributed by atoms with van der Waals surface area (Å²) < 4.78 is 6.10. The van der Waals surface area contributed by atoms with Gasteiger partial charge in [-0.25, -0.2) is 0 Å². The number of methoxy groups -OCH3 is 1. The van der Waals surface area contributed by atoms with Crippen LogP contribution in [0.25, 0.3) is 5.76 Å². The first-order valence-electron chi connectivity index (χ1n) is 3.64. The molecular formula is C10H11BrO. The minimum absolute atomic E-state index is 0.690. The van der Waals surface area contributed by atoms with E-state index in [9.17, 15) is 0 Å². The molecule has 1 aromatic carbocycles. The Kier molecular flexibility index (Phi) is 2.93. The molecular weight excluding hydrogens is 216 g/mol. The van der Waals surface area contributed by atoms with Gasteiger partial charge in [-0.1, -0.05) is 34.6 Å². The van der Waals surface area contributed by atoms with E-state index >= 15 is 0 Å². The smallest absolute Gasteiger partial charge is 0.118 e. The maximum atomic E-state index is 5.02. The van der Waals surface area contributed by atoms with Crippen molar-refractivity contribution in [3.8, 4) is 0 Å². The molecule has 0 aliphatic rings. The lowest BCUT2D eigenvalue weighted by atomic mass is 10.1. The van der Waals surface area contributed by atoms with Crippen LogP contribution < -0.4 is 0 Å². The molecule has 12 heavy (non-hydrogen) atoms. The average Bonchev–Trinajstić information content (AvgIpc) is 2.08. The molecule has 0 heterocycles. The number of halogens is 1. The molecule has 0 amide bonds. The van der Waals surface area contributed by atoms with Gasteiger partial charge in [-0.05, 0) is 18.6 Å². The lowest BCUT2D eigenvalue weighted by Crippen LogP contribution is -1.86. The summed E-state index contributed by atoms with van der Waals surface area (Å²) in [5, 5.41) is 0. The molecule has 0 atom stereocenters. The van der Waals surface area contributed by atoms with E-state index in [-0.39, 0.29) is 0 Å². The van der Waals surface area contributed by atoms with Gasteiger partial charge < -0.3 is 4.74 Å². The predicted molar refractivity (Wildman–Crippen MR) is 54.9 cm³/mol. The second kappa shape index (κ2) is 3.76. The van der Waals surface area contributed by atoms with Crippen molar-refractivity contribution in [2.45, 2.75) is 6.92 Å². The zero-order chi connectivity index (χ0) is 9.14. The van der Waals surface area contributed by atoms with E-state index in [2.05, 4.69) is 22.5 Å². The molecule has 0 aromatic heterocycles. The van der Waals surface area contributed by atoms with Gasteiger partial charge in [-0.15, -0.1) is 0 Å². The highest BCUT2D eigenvalue weighted by molar-refractivity contribution is 9.10. The predicted octanol–water partition coefficient (Wildman–Crippen LogP) is 3.37. The zero-order valence-electron chi connectivity index (χ0n) is 7.23. The lowest BCUT2D eigenvalue weighted by Gasteiger charge is -2.05. The van der Waals surface area contributed by atoms with Crippen LogP contribution in [0.15, 0.2) is 29.3 Å². The van der Waals surface area contributed by atoms with Gasteiger partial charge >= 0.3 is 0 Å². The fraction of sp³-hybridized carbons (Fsp3) is 0.200. The first-order valence-corrected chi connectivity index (χ1v) is 4.44. The number of benzene rings is 1. The maximum Gasteiger partial charge on any atom is 0.118 e. The first kappa shape index (κ1) is 9.33. The molecule has 0 N–H and O–H groups in total. The van der Waals surface area contributed by atoms with Crippen molar-refractivity contribution >= 4 is 21.7 Å². The maximum absolute atomic E-state index is 5.02. The molecule has 2 heteroatoms. The number of hydrogen-bond donors (Lipinski definition) is 0. The molecule has 0 bridgehead atoms. The van der Waals surface area contributed by atoms with Crippen LogP contribution >= 0.6 is 15.9 Å². The standard InChI is InChI=1S/C10H11BrO/c1-7-4-5-9(6-10(7)11)8(2)12-3/h4-6H,2H2,1,3H3. The largest absolute Gasteiger partial charge is 0.497 e. The van der Waals surface area contributed by atoms with Crippen molar-refractivity contribution in [3.05, 3.63) is 40.4 Å². The molecule has 64 valence electrons. The third kappa shape index (κ3) is 1.89. The topological polar surface area (TPSA) is 9.23 Å². The van der Waals surface area contributed by atoms with Gasteiger partial charge in [0, 0.05) is 10.0 Å². The van der Waals surface area contributed by atoms with Crippen LogP contribution in [0.1, 0.15) is 11.1 Å². The third-order valence-corrected chi connectivity index (χ3v) is 2.59. The van der Waals surface area contributed by atoms with Crippen molar-refractivity contribution in [1.29, 1.82) is 0 Å². The van der Waals surface area contributed by atoms with Gasteiger partial charge in [-0.3, -0.25) is 0 Å². The van der Waals surface area contributed by atoms with E-state index in [4.69, 9.17) is 4.74 Å². The van der Waals surface area contributed by atoms with Gasteiger partial charge in [0.2, 0.25) is 0 Å². The molecule has 0 aliphatic heterocycles. The molecule has 0 radical (unpaired) electrons. The summed E-state index contributed by atoms with van der Waals surface area (Å²) >= 11 is 3.45. The van der Waals surface area contributed by atoms with Gasteiger partial charge in [0.05, 0.1) is 7.11 Å². The van der Waals surface area contributed by atoms with Crippen LogP contribution in [0.2, 0.25) is 0 Å². The fourth-order valence-electron chi connectivity index (χ4n) is 0.884. The Bertz CT molecular complexity index is 305. The summed E-state index contributed by atoms with van der Waals surface area (Å²) in [5.74, 6) is 0.690. The van der Waals surface area contributed by atoms with Crippen LogP contribution in [0.4, 0.5) is 0 Å². The highest BCUT2D eigenvalue weighted by Crippen LogP contribution is 2.21. The van der Waals surface area contributed by atoms with E-state index in [1.54, 1.807) is 7.11 Å². The van der Waals surface area contributed by atoms with Gasteiger partial charge in [0.1, 0.15) is 5.76 Å². The third-order valence-electron chi connectivity index (χ3n) is 1.74. The molecule has 0 saturated heterocycles. The van der Waals surface area contributed by atoms with E-state index in [0.717, 1.165) is 10.0 Å². The zero-order valence-corrected chi connectivity index (χ0v) is 8.81. The van der Waals surface area contributed by atoms with Crippen LogP contribution in [0, 0.1) is 6.92 Å². The normalized spacial score (nSPS) is 9.58.